The number of aryl methyl sites for hydroxylation is 1. The van der Waals surface area contributed by atoms with Gasteiger partial charge in [-0.25, -0.2) is 4.98 Å². The average Bonchev–Trinajstić information content (AvgIpc) is 3.10. The van der Waals surface area contributed by atoms with E-state index in [0.717, 1.165) is 11.1 Å². The van der Waals surface area contributed by atoms with Crippen molar-refractivity contribution < 1.29 is 18.7 Å². The number of ether oxygens (including phenoxy) is 2. The first kappa shape index (κ1) is 17.8. The SMILES string of the molecule is COc1ccc(CCC(=O)NC(C)c2nc3ccccc3o2)cc1OC. The van der Waals surface area contributed by atoms with E-state index >= 15 is 0 Å². The minimum absolute atomic E-state index is 0.0606. The Kier molecular flexibility index (Phi) is 5.41. The first-order valence-electron chi connectivity index (χ1n) is 8.46. The number of methoxy groups -OCH3 is 2. The molecule has 0 aliphatic heterocycles. The number of hydrogen-bond donors (Lipinski definition) is 1. The minimum Gasteiger partial charge on any atom is -0.493 e. The van der Waals surface area contributed by atoms with Crippen LogP contribution in [0.25, 0.3) is 11.1 Å². The number of aromatic nitrogens is 1. The fourth-order valence-electron chi connectivity index (χ4n) is 2.74. The van der Waals surface area contributed by atoms with Crippen molar-refractivity contribution in [2.24, 2.45) is 0 Å². The number of fused-ring (bicyclic) bond motifs is 1. The monoisotopic (exact) mass is 354 g/mol. The molecule has 3 rings (SSSR count). The van der Waals surface area contributed by atoms with Crippen molar-refractivity contribution in [3.63, 3.8) is 0 Å². The second kappa shape index (κ2) is 7.91. The Morgan fingerprint density at radius 1 is 1.15 bits per heavy atom. The molecule has 0 saturated carbocycles. The van der Waals surface area contributed by atoms with Crippen LogP contribution in [0.5, 0.6) is 11.5 Å². The highest BCUT2D eigenvalue weighted by atomic mass is 16.5. The maximum atomic E-state index is 12.3. The molecule has 0 aliphatic carbocycles. The molecule has 1 N–H and O–H groups in total. The van der Waals surface area contributed by atoms with Crippen LogP contribution >= 0.6 is 0 Å². The molecule has 2 aromatic carbocycles. The number of hydrogen-bond acceptors (Lipinski definition) is 5. The van der Waals surface area contributed by atoms with Crippen LogP contribution in [0.15, 0.2) is 46.9 Å². The van der Waals surface area contributed by atoms with Crippen LogP contribution in [0.3, 0.4) is 0 Å². The summed E-state index contributed by atoms with van der Waals surface area (Å²) in [6.07, 6.45) is 0.965. The van der Waals surface area contributed by atoms with E-state index in [2.05, 4.69) is 10.3 Å². The summed E-state index contributed by atoms with van der Waals surface area (Å²) in [5, 5.41) is 2.93. The molecule has 1 unspecified atom stereocenters. The molecule has 0 spiro atoms. The Morgan fingerprint density at radius 2 is 1.92 bits per heavy atom. The van der Waals surface area contributed by atoms with Gasteiger partial charge >= 0.3 is 0 Å². The van der Waals surface area contributed by atoms with E-state index < -0.39 is 0 Å². The molecule has 136 valence electrons. The number of oxazole rings is 1. The highest BCUT2D eigenvalue weighted by molar-refractivity contribution is 5.77. The van der Waals surface area contributed by atoms with Gasteiger partial charge in [0.05, 0.1) is 14.2 Å². The number of amides is 1. The van der Waals surface area contributed by atoms with Gasteiger partial charge in [0.25, 0.3) is 0 Å². The van der Waals surface area contributed by atoms with Gasteiger partial charge in [0.2, 0.25) is 11.8 Å². The van der Waals surface area contributed by atoms with E-state index in [4.69, 9.17) is 13.9 Å². The van der Waals surface area contributed by atoms with Gasteiger partial charge in [0.15, 0.2) is 17.1 Å². The van der Waals surface area contributed by atoms with Crippen molar-refractivity contribution in [3.05, 3.63) is 53.9 Å². The Bertz CT molecular complexity index is 871. The summed E-state index contributed by atoms with van der Waals surface area (Å²) in [6.45, 7) is 1.86. The summed E-state index contributed by atoms with van der Waals surface area (Å²) >= 11 is 0. The van der Waals surface area contributed by atoms with Crippen LogP contribution in [0.2, 0.25) is 0 Å². The molecule has 1 amide bonds. The van der Waals surface area contributed by atoms with Crippen LogP contribution in [0.4, 0.5) is 0 Å². The number of carbonyl (C=O) groups excluding carboxylic acids is 1. The third-order valence-electron chi connectivity index (χ3n) is 4.15. The fourth-order valence-corrected chi connectivity index (χ4v) is 2.74. The summed E-state index contributed by atoms with van der Waals surface area (Å²) in [6, 6.07) is 12.9. The molecule has 26 heavy (non-hydrogen) atoms. The second-order valence-corrected chi connectivity index (χ2v) is 6.00. The molecule has 3 aromatic rings. The third kappa shape index (κ3) is 3.96. The topological polar surface area (TPSA) is 73.6 Å². The molecular formula is C20H22N2O4. The lowest BCUT2D eigenvalue weighted by molar-refractivity contribution is -0.121. The van der Waals surface area contributed by atoms with E-state index in [-0.39, 0.29) is 11.9 Å². The van der Waals surface area contributed by atoms with Gasteiger partial charge < -0.3 is 19.2 Å². The quantitative estimate of drug-likeness (QED) is 0.701. The molecule has 6 nitrogen and oxygen atoms in total. The molecule has 1 aromatic heterocycles. The lowest BCUT2D eigenvalue weighted by Crippen LogP contribution is -2.27. The zero-order valence-electron chi connectivity index (χ0n) is 15.1. The molecule has 0 aliphatic rings. The van der Waals surface area contributed by atoms with Gasteiger partial charge in [0, 0.05) is 6.42 Å². The maximum Gasteiger partial charge on any atom is 0.220 e. The average molecular weight is 354 g/mol. The summed E-state index contributed by atoms with van der Waals surface area (Å²) in [5.74, 6) is 1.77. The number of rotatable bonds is 7. The normalized spacial score (nSPS) is 12.0. The highest BCUT2D eigenvalue weighted by Gasteiger charge is 2.16. The first-order valence-corrected chi connectivity index (χ1v) is 8.46. The van der Waals surface area contributed by atoms with Crippen LogP contribution in [0.1, 0.15) is 30.8 Å². The van der Waals surface area contributed by atoms with Crippen molar-refractivity contribution in [1.29, 1.82) is 0 Å². The zero-order valence-corrected chi connectivity index (χ0v) is 15.1. The molecule has 1 atom stereocenters. The molecule has 0 bridgehead atoms. The molecule has 0 saturated heterocycles. The molecule has 0 radical (unpaired) electrons. The van der Waals surface area contributed by atoms with Gasteiger partial charge in [-0.05, 0) is 43.2 Å². The summed E-state index contributed by atoms with van der Waals surface area (Å²) in [5.41, 5.74) is 2.51. The third-order valence-corrected chi connectivity index (χ3v) is 4.15. The number of benzene rings is 2. The molecule has 0 fully saturated rings. The van der Waals surface area contributed by atoms with Crippen molar-refractivity contribution in [3.8, 4) is 11.5 Å². The predicted molar refractivity (Wildman–Crippen MR) is 98.4 cm³/mol. The summed E-state index contributed by atoms with van der Waals surface area (Å²) in [4.78, 5) is 16.7. The number of nitrogens with one attached hydrogen (secondary N) is 1. The molecular weight excluding hydrogens is 332 g/mol. The van der Waals surface area contributed by atoms with Crippen LogP contribution in [-0.2, 0) is 11.2 Å². The van der Waals surface area contributed by atoms with E-state index in [9.17, 15) is 4.79 Å². The number of nitrogens with zero attached hydrogens (tertiary/aromatic N) is 1. The van der Waals surface area contributed by atoms with E-state index in [1.807, 2.05) is 49.4 Å². The van der Waals surface area contributed by atoms with Crippen molar-refractivity contribution >= 4 is 17.0 Å². The Labute approximate surface area is 152 Å². The lowest BCUT2D eigenvalue weighted by atomic mass is 10.1. The predicted octanol–water partition coefficient (Wildman–Crippen LogP) is 3.66. The molecule has 6 heteroatoms. The van der Waals surface area contributed by atoms with E-state index in [1.165, 1.54) is 0 Å². The van der Waals surface area contributed by atoms with Crippen molar-refractivity contribution in [2.45, 2.75) is 25.8 Å². The second-order valence-electron chi connectivity index (χ2n) is 6.00. The van der Waals surface area contributed by atoms with Crippen LogP contribution < -0.4 is 14.8 Å². The fraction of sp³-hybridized carbons (Fsp3) is 0.300. The Balaban J connectivity index is 1.58. The smallest absolute Gasteiger partial charge is 0.220 e. The summed E-state index contributed by atoms with van der Waals surface area (Å²) < 4.78 is 16.2. The van der Waals surface area contributed by atoms with E-state index in [0.29, 0.717) is 35.8 Å². The van der Waals surface area contributed by atoms with Crippen LogP contribution in [0, 0.1) is 0 Å². The number of carbonyl (C=O) groups is 1. The molecule has 1 heterocycles. The van der Waals surface area contributed by atoms with Gasteiger partial charge in [0.1, 0.15) is 11.6 Å². The van der Waals surface area contributed by atoms with Crippen molar-refractivity contribution in [1.82, 2.24) is 10.3 Å². The van der Waals surface area contributed by atoms with Crippen molar-refractivity contribution in [2.75, 3.05) is 14.2 Å². The first-order chi connectivity index (χ1) is 12.6. The van der Waals surface area contributed by atoms with Gasteiger partial charge in [-0.3, -0.25) is 4.79 Å². The minimum atomic E-state index is -0.291. The Morgan fingerprint density at radius 3 is 2.65 bits per heavy atom. The van der Waals surface area contributed by atoms with Gasteiger partial charge in [-0.15, -0.1) is 0 Å². The number of para-hydroxylation sites is 2. The van der Waals surface area contributed by atoms with Gasteiger partial charge in [-0.1, -0.05) is 18.2 Å². The Hall–Kier alpha value is -3.02. The van der Waals surface area contributed by atoms with Crippen LogP contribution in [-0.4, -0.2) is 25.1 Å². The lowest BCUT2D eigenvalue weighted by Gasteiger charge is -2.11. The zero-order chi connectivity index (χ0) is 18.5. The standard InChI is InChI=1S/C20H22N2O4/c1-13(20-22-15-6-4-5-7-16(15)26-20)21-19(23)11-9-14-8-10-17(24-2)18(12-14)25-3/h4-8,10,12-13H,9,11H2,1-3H3,(H,21,23). The summed E-state index contributed by atoms with van der Waals surface area (Å²) in [7, 11) is 3.19. The highest BCUT2D eigenvalue weighted by Crippen LogP contribution is 2.28. The largest absolute Gasteiger partial charge is 0.493 e. The van der Waals surface area contributed by atoms with E-state index in [1.54, 1.807) is 14.2 Å². The van der Waals surface area contributed by atoms with Gasteiger partial charge in [-0.2, -0.15) is 0 Å². The maximum absolute atomic E-state index is 12.3.